The molecule has 0 rings (SSSR count). The van der Waals surface area contributed by atoms with Gasteiger partial charge in [-0.25, -0.2) is 0 Å². The Labute approximate surface area is 38.1 Å². The molecule has 0 aromatic rings. The Bertz CT molecular complexity index is 42.8. The molecule has 0 spiro atoms. The Hall–Kier alpha value is -0.430. The summed E-state index contributed by atoms with van der Waals surface area (Å²) in [4.78, 5) is 9.22. The van der Waals surface area contributed by atoms with Gasteiger partial charge in [-0.2, -0.15) is 0 Å². The van der Waals surface area contributed by atoms with Crippen LogP contribution in [-0.4, -0.2) is 5.91 Å². The van der Waals surface area contributed by atoms with Crippen LogP contribution in [0.3, 0.4) is 0 Å². The van der Waals surface area contributed by atoms with Gasteiger partial charge in [-0.1, -0.05) is 4.57 Å². The van der Waals surface area contributed by atoms with Crippen molar-refractivity contribution >= 4 is 15.0 Å². The molecule has 0 aliphatic heterocycles. The van der Waals surface area contributed by atoms with Crippen LogP contribution in [0.5, 0.6) is 0 Å². The maximum atomic E-state index is 9.22. The summed E-state index contributed by atoms with van der Waals surface area (Å²) in [6.07, 6.45) is 0. The lowest BCUT2D eigenvalue weighted by molar-refractivity contribution is -0.115. The first-order chi connectivity index (χ1) is 2.73. The number of hydrogen-bond donors (Lipinski definition) is 1. The van der Waals surface area contributed by atoms with Crippen molar-refractivity contribution in [2.45, 2.75) is 6.92 Å². The molecule has 1 amide bonds. The van der Waals surface area contributed by atoms with Crippen molar-refractivity contribution in [1.29, 1.82) is 0 Å². The van der Waals surface area contributed by atoms with Gasteiger partial charge in [-0.05, 0) is 0 Å². The van der Waals surface area contributed by atoms with Crippen LogP contribution in [0.25, 0.3) is 0 Å². The number of carbonyl (C=O) groups excluding carboxylic acids is 1. The molecular formula is C2H7NO2P+. The molecule has 1 atom stereocenters. The van der Waals surface area contributed by atoms with Crippen molar-refractivity contribution in [3.8, 4) is 0 Å². The van der Waals surface area contributed by atoms with E-state index in [2.05, 4.69) is 5.73 Å². The van der Waals surface area contributed by atoms with Crippen LogP contribution in [0, 0.1) is 0 Å². The number of rotatable bonds is 0. The van der Waals surface area contributed by atoms with Gasteiger partial charge in [0.05, 0.1) is 0 Å². The highest BCUT2D eigenvalue weighted by Gasteiger charge is 1.61. The van der Waals surface area contributed by atoms with E-state index >= 15 is 0 Å². The summed E-state index contributed by atoms with van der Waals surface area (Å²) in [5.74, 6) is -0.333. The van der Waals surface area contributed by atoms with E-state index in [4.69, 9.17) is 4.57 Å². The fourth-order valence-corrected chi connectivity index (χ4v) is 0. The van der Waals surface area contributed by atoms with E-state index in [1.54, 1.807) is 0 Å². The predicted octanol–water partition coefficient (Wildman–Crippen LogP) is -0.301. The van der Waals surface area contributed by atoms with Crippen LogP contribution in [0.1, 0.15) is 6.92 Å². The summed E-state index contributed by atoms with van der Waals surface area (Å²) in [7, 11) is 1.17. The van der Waals surface area contributed by atoms with E-state index < -0.39 is 0 Å². The fraction of sp³-hybridized carbons (Fsp3) is 0.500. The molecular weight excluding hydrogens is 101 g/mol. The highest BCUT2D eigenvalue weighted by Crippen LogP contribution is 1.33. The number of carbonyl (C=O) groups is 1. The Kier molecular flexibility index (Phi) is 13.4. The standard InChI is InChI=1S/C2H5NO.H2OP/c1-2(3)4;1-2/h1H3,(H2,3,4);2H2/q;+1. The summed E-state index contributed by atoms with van der Waals surface area (Å²) in [5, 5.41) is 0. The van der Waals surface area contributed by atoms with Gasteiger partial charge in [0, 0.05) is 6.92 Å². The van der Waals surface area contributed by atoms with Gasteiger partial charge in [-0.3, -0.25) is 4.79 Å². The topological polar surface area (TPSA) is 60.2 Å². The Morgan fingerprint density at radius 2 is 1.67 bits per heavy atom. The molecule has 0 heterocycles. The first kappa shape index (κ1) is 9.13. The summed E-state index contributed by atoms with van der Waals surface area (Å²) < 4.78 is 8.17. The number of nitrogens with two attached hydrogens (primary N) is 1. The average molecular weight is 108 g/mol. The summed E-state index contributed by atoms with van der Waals surface area (Å²) in [5.41, 5.74) is 4.47. The zero-order valence-corrected chi connectivity index (χ0v) is 4.63. The Morgan fingerprint density at radius 1 is 1.67 bits per heavy atom. The number of primary amides is 1. The van der Waals surface area contributed by atoms with Crippen LogP contribution < -0.4 is 5.73 Å². The highest BCUT2D eigenvalue weighted by atomic mass is 31.0. The molecule has 0 aromatic heterocycles. The van der Waals surface area contributed by atoms with Crippen molar-refractivity contribution in [3.63, 3.8) is 0 Å². The first-order valence-electron chi connectivity index (χ1n) is 1.23. The van der Waals surface area contributed by atoms with Gasteiger partial charge >= 0.3 is 9.12 Å². The average Bonchev–Trinajstić information content (AvgIpc) is 1.41. The van der Waals surface area contributed by atoms with Crippen LogP contribution in [0.4, 0.5) is 0 Å². The first-order valence-corrected chi connectivity index (χ1v) is 1.70. The molecule has 6 heavy (non-hydrogen) atoms. The lowest BCUT2D eigenvalue weighted by atomic mass is 10.8. The van der Waals surface area contributed by atoms with Crippen LogP contribution >= 0.6 is 9.12 Å². The van der Waals surface area contributed by atoms with Crippen molar-refractivity contribution in [3.05, 3.63) is 0 Å². The van der Waals surface area contributed by atoms with Gasteiger partial charge in [-0.15, -0.1) is 0 Å². The minimum absolute atomic E-state index is 0.333. The molecule has 0 aromatic carbocycles. The van der Waals surface area contributed by atoms with E-state index in [1.165, 1.54) is 16.0 Å². The van der Waals surface area contributed by atoms with Gasteiger partial charge in [0.1, 0.15) is 0 Å². The lowest BCUT2D eigenvalue weighted by Crippen LogP contribution is -2.01. The second kappa shape index (κ2) is 8.82. The van der Waals surface area contributed by atoms with Gasteiger partial charge in [0.2, 0.25) is 5.91 Å². The van der Waals surface area contributed by atoms with E-state index in [0.717, 1.165) is 0 Å². The van der Waals surface area contributed by atoms with Gasteiger partial charge in [0.25, 0.3) is 0 Å². The molecule has 2 N–H and O–H groups in total. The maximum absolute atomic E-state index is 9.22. The zero-order valence-electron chi connectivity index (χ0n) is 3.47. The third-order valence-corrected chi connectivity index (χ3v) is 0. The molecule has 0 aliphatic carbocycles. The zero-order chi connectivity index (χ0) is 5.58. The smallest absolute Gasteiger partial charge is 0.310 e. The van der Waals surface area contributed by atoms with E-state index in [1.807, 2.05) is 0 Å². The third-order valence-electron chi connectivity index (χ3n) is 0. The summed E-state index contributed by atoms with van der Waals surface area (Å²) in [6.45, 7) is 1.31. The van der Waals surface area contributed by atoms with Crippen molar-refractivity contribution < 1.29 is 9.36 Å². The predicted molar refractivity (Wildman–Crippen MR) is 25.3 cm³/mol. The normalized spacial score (nSPS) is 4.83. The van der Waals surface area contributed by atoms with Gasteiger partial charge in [0.15, 0.2) is 0 Å². The minimum Gasteiger partial charge on any atom is -0.370 e. The van der Waals surface area contributed by atoms with E-state index in [-0.39, 0.29) is 5.91 Å². The Balaban J connectivity index is 0. The quantitative estimate of drug-likeness (QED) is 0.433. The van der Waals surface area contributed by atoms with E-state index in [9.17, 15) is 4.79 Å². The maximum Gasteiger partial charge on any atom is 0.310 e. The Morgan fingerprint density at radius 3 is 1.67 bits per heavy atom. The second-order valence-corrected chi connectivity index (χ2v) is 0.611. The molecule has 0 fully saturated rings. The molecule has 36 valence electrons. The number of hydrogen-bond acceptors (Lipinski definition) is 2. The molecule has 0 radical (unpaired) electrons. The molecule has 0 bridgehead atoms. The summed E-state index contributed by atoms with van der Waals surface area (Å²) in [6, 6.07) is 0. The molecule has 1 unspecified atom stereocenters. The van der Waals surface area contributed by atoms with Crippen LogP contribution in [0.2, 0.25) is 0 Å². The fourth-order valence-electron chi connectivity index (χ4n) is 0. The highest BCUT2D eigenvalue weighted by molar-refractivity contribution is 7.00. The minimum atomic E-state index is -0.333. The molecule has 4 heteroatoms. The lowest BCUT2D eigenvalue weighted by Gasteiger charge is -1.60. The number of amides is 1. The van der Waals surface area contributed by atoms with Crippen LogP contribution in [-0.2, 0) is 9.36 Å². The van der Waals surface area contributed by atoms with Gasteiger partial charge < -0.3 is 5.73 Å². The molecule has 3 nitrogen and oxygen atoms in total. The van der Waals surface area contributed by atoms with E-state index in [0.29, 0.717) is 0 Å². The van der Waals surface area contributed by atoms with Crippen molar-refractivity contribution in [1.82, 2.24) is 0 Å². The molecule has 0 saturated carbocycles. The molecule has 0 aliphatic rings. The van der Waals surface area contributed by atoms with Crippen LogP contribution in [0.15, 0.2) is 0 Å². The van der Waals surface area contributed by atoms with Crippen molar-refractivity contribution in [2.24, 2.45) is 5.73 Å². The monoisotopic (exact) mass is 108 g/mol. The largest absolute Gasteiger partial charge is 0.370 e. The van der Waals surface area contributed by atoms with Crippen molar-refractivity contribution in [2.75, 3.05) is 0 Å². The third kappa shape index (κ3) is 128. The second-order valence-electron chi connectivity index (χ2n) is 0.611. The summed E-state index contributed by atoms with van der Waals surface area (Å²) >= 11 is 0. The molecule has 0 saturated heterocycles. The SMILES string of the molecule is CC(N)=O.O=[PH2+].